The standard InChI is InChI=1S/C17H14Cl3N3/c1-23-16(12-3-2-4-13(18)8-12)10-22-17(23)21-9-11-5-6-14(19)15(20)7-11/h2-8,10H,9H2,1H3,(H,21,22). The molecule has 0 fully saturated rings. The molecular weight excluding hydrogens is 353 g/mol. The minimum atomic E-state index is 0.547. The highest BCUT2D eigenvalue weighted by Gasteiger charge is 2.09. The Morgan fingerprint density at radius 3 is 2.61 bits per heavy atom. The van der Waals surface area contributed by atoms with Crippen LogP contribution in [0.15, 0.2) is 48.7 Å². The smallest absolute Gasteiger partial charge is 0.203 e. The van der Waals surface area contributed by atoms with Gasteiger partial charge in [-0.1, -0.05) is 53.0 Å². The molecular formula is C17H14Cl3N3. The molecule has 0 aliphatic heterocycles. The average Bonchev–Trinajstić information content (AvgIpc) is 2.89. The number of benzene rings is 2. The van der Waals surface area contributed by atoms with Gasteiger partial charge in [-0.15, -0.1) is 0 Å². The summed E-state index contributed by atoms with van der Waals surface area (Å²) < 4.78 is 1.99. The fourth-order valence-electron chi connectivity index (χ4n) is 2.32. The Balaban J connectivity index is 1.78. The monoisotopic (exact) mass is 365 g/mol. The third kappa shape index (κ3) is 3.63. The van der Waals surface area contributed by atoms with Gasteiger partial charge in [0, 0.05) is 24.2 Å². The van der Waals surface area contributed by atoms with Crippen molar-refractivity contribution in [2.75, 3.05) is 5.32 Å². The summed E-state index contributed by atoms with van der Waals surface area (Å²) in [7, 11) is 1.96. The molecule has 6 heteroatoms. The Morgan fingerprint density at radius 2 is 1.87 bits per heavy atom. The average molecular weight is 367 g/mol. The molecule has 3 aromatic rings. The van der Waals surface area contributed by atoms with Crippen molar-refractivity contribution < 1.29 is 0 Å². The summed E-state index contributed by atoms with van der Waals surface area (Å²) in [4.78, 5) is 4.43. The molecule has 0 aliphatic rings. The topological polar surface area (TPSA) is 29.9 Å². The minimum absolute atomic E-state index is 0.547. The molecule has 0 spiro atoms. The molecule has 3 nitrogen and oxygen atoms in total. The Morgan fingerprint density at radius 1 is 1.04 bits per heavy atom. The van der Waals surface area contributed by atoms with Crippen LogP contribution in [0.4, 0.5) is 5.95 Å². The summed E-state index contributed by atoms with van der Waals surface area (Å²) in [6.45, 7) is 0.608. The second-order valence-corrected chi connectivity index (χ2v) is 6.39. The normalized spacial score (nSPS) is 10.8. The summed E-state index contributed by atoms with van der Waals surface area (Å²) in [6.07, 6.45) is 1.82. The first kappa shape index (κ1) is 16.2. The number of halogens is 3. The predicted octanol–water partition coefficient (Wildman–Crippen LogP) is 5.66. The van der Waals surface area contributed by atoms with E-state index < -0.39 is 0 Å². The quantitative estimate of drug-likeness (QED) is 0.645. The maximum atomic E-state index is 6.05. The molecule has 0 aliphatic carbocycles. The van der Waals surface area contributed by atoms with Gasteiger partial charge < -0.3 is 9.88 Å². The molecule has 0 saturated carbocycles. The largest absolute Gasteiger partial charge is 0.352 e. The molecule has 0 saturated heterocycles. The van der Waals surface area contributed by atoms with E-state index >= 15 is 0 Å². The second kappa shape index (κ2) is 6.83. The lowest BCUT2D eigenvalue weighted by atomic mass is 10.2. The van der Waals surface area contributed by atoms with Crippen LogP contribution in [0, 0.1) is 0 Å². The zero-order valence-corrected chi connectivity index (χ0v) is 14.6. The molecule has 0 bridgehead atoms. The Hall–Kier alpha value is -1.68. The first-order valence-electron chi connectivity index (χ1n) is 7.00. The van der Waals surface area contributed by atoms with E-state index in [1.54, 1.807) is 6.07 Å². The summed E-state index contributed by atoms with van der Waals surface area (Å²) in [5.41, 5.74) is 3.05. The van der Waals surface area contributed by atoms with Crippen LogP contribution in [0.1, 0.15) is 5.56 Å². The highest BCUT2D eigenvalue weighted by Crippen LogP contribution is 2.26. The van der Waals surface area contributed by atoms with Crippen molar-refractivity contribution in [3.8, 4) is 11.3 Å². The van der Waals surface area contributed by atoms with Crippen LogP contribution in [-0.2, 0) is 13.6 Å². The molecule has 118 valence electrons. The van der Waals surface area contributed by atoms with Crippen LogP contribution in [0.5, 0.6) is 0 Å². The van der Waals surface area contributed by atoms with Crippen molar-refractivity contribution in [2.24, 2.45) is 7.05 Å². The molecule has 0 amide bonds. The molecule has 23 heavy (non-hydrogen) atoms. The lowest BCUT2D eigenvalue weighted by Gasteiger charge is -2.09. The van der Waals surface area contributed by atoms with Crippen molar-refractivity contribution in [3.05, 3.63) is 69.3 Å². The highest BCUT2D eigenvalue weighted by molar-refractivity contribution is 6.42. The number of anilines is 1. The lowest BCUT2D eigenvalue weighted by Crippen LogP contribution is -2.05. The molecule has 3 rings (SSSR count). The van der Waals surface area contributed by atoms with Crippen LogP contribution in [0.25, 0.3) is 11.3 Å². The van der Waals surface area contributed by atoms with E-state index in [1.807, 2.05) is 54.2 Å². The summed E-state index contributed by atoms with van der Waals surface area (Å²) in [5.74, 6) is 0.769. The predicted molar refractivity (Wildman–Crippen MR) is 97.4 cm³/mol. The van der Waals surface area contributed by atoms with E-state index in [0.717, 1.165) is 22.8 Å². The summed E-state index contributed by atoms with van der Waals surface area (Å²) in [5, 5.41) is 5.10. The molecule has 0 radical (unpaired) electrons. The number of imidazole rings is 1. The van der Waals surface area contributed by atoms with E-state index in [0.29, 0.717) is 21.6 Å². The Bertz CT molecular complexity index is 843. The number of aromatic nitrogens is 2. The van der Waals surface area contributed by atoms with Gasteiger partial charge in [-0.25, -0.2) is 4.98 Å². The van der Waals surface area contributed by atoms with Gasteiger partial charge in [0.25, 0.3) is 0 Å². The second-order valence-electron chi connectivity index (χ2n) is 5.14. The van der Waals surface area contributed by atoms with Crippen LogP contribution in [-0.4, -0.2) is 9.55 Å². The van der Waals surface area contributed by atoms with Gasteiger partial charge in [0.1, 0.15) is 0 Å². The first-order chi connectivity index (χ1) is 11.0. The Kier molecular flexibility index (Phi) is 4.81. The maximum absolute atomic E-state index is 6.05. The zero-order valence-electron chi connectivity index (χ0n) is 12.4. The fraction of sp³-hybridized carbons (Fsp3) is 0.118. The van der Waals surface area contributed by atoms with Gasteiger partial charge >= 0.3 is 0 Å². The van der Waals surface area contributed by atoms with Crippen molar-refractivity contribution in [2.45, 2.75) is 6.54 Å². The number of nitrogens with zero attached hydrogens (tertiary/aromatic N) is 2. The van der Waals surface area contributed by atoms with Gasteiger partial charge in [-0.05, 0) is 29.8 Å². The van der Waals surface area contributed by atoms with Gasteiger partial charge in [-0.2, -0.15) is 0 Å². The lowest BCUT2D eigenvalue weighted by molar-refractivity contribution is 0.907. The number of hydrogen-bond acceptors (Lipinski definition) is 2. The molecule has 0 unspecified atom stereocenters. The third-order valence-electron chi connectivity index (χ3n) is 3.54. The Labute approximate surface area is 149 Å². The molecule has 1 heterocycles. The third-order valence-corrected chi connectivity index (χ3v) is 4.52. The van der Waals surface area contributed by atoms with E-state index in [-0.39, 0.29) is 0 Å². The zero-order chi connectivity index (χ0) is 16.4. The van der Waals surface area contributed by atoms with Crippen molar-refractivity contribution in [3.63, 3.8) is 0 Å². The number of rotatable bonds is 4. The summed E-state index contributed by atoms with van der Waals surface area (Å²) in [6, 6.07) is 13.3. The van der Waals surface area contributed by atoms with Gasteiger partial charge in [0.05, 0.1) is 21.9 Å². The van der Waals surface area contributed by atoms with Crippen molar-refractivity contribution in [1.82, 2.24) is 9.55 Å². The van der Waals surface area contributed by atoms with Crippen molar-refractivity contribution >= 4 is 40.8 Å². The van der Waals surface area contributed by atoms with Gasteiger partial charge in [0.15, 0.2) is 0 Å². The van der Waals surface area contributed by atoms with E-state index in [1.165, 1.54) is 0 Å². The van der Waals surface area contributed by atoms with Crippen LogP contribution >= 0.6 is 34.8 Å². The molecule has 0 atom stereocenters. The van der Waals surface area contributed by atoms with Crippen LogP contribution in [0.3, 0.4) is 0 Å². The van der Waals surface area contributed by atoms with Crippen LogP contribution in [0.2, 0.25) is 15.1 Å². The molecule has 2 aromatic carbocycles. The van der Waals surface area contributed by atoms with Gasteiger partial charge in [-0.3, -0.25) is 0 Å². The summed E-state index contributed by atoms with van der Waals surface area (Å²) >= 11 is 18.0. The molecule has 1 N–H and O–H groups in total. The number of nitrogens with one attached hydrogen (secondary N) is 1. The SMILES string of the molecule is Cn1c(-c2cccc(Cl)c2)cnc1NCc1ccc(Cl)c(Cl)c1. The van der Waals surface area contributed by atoms with E-state index in [2.05, 4.69) is 10.3 Å². The minimum Gasteiger partial charge on any atom is -0.352 e. The highest BCUT2D eigenvalue weighted by atomic mass is 35.5. The maximum Gasteiger partial charge on any atom is 0.203 e. The molecule has 1 aromatic heterocycles. The first-order valence-corrected chi connectivity index (χ1v) is 8.13. The van der Waals surface area contributed by atoms with E-state index in [4.69, 9.17) is 34.8 Å². The van der Waals surface area contributed by atoms with Crippen LogP contribution < -0.4 is 5.32 Å². The van der Waals surface area contributed by atoms with Crippen molar-refractivity contribution in [1.29, 1.82) is 0 Å². The van der Waals surface area contributed by atoms with Gasteiger partial charge in [0.2, 0.25) is 5.95 Å². The van der Waals surface area contributed by atoms with E-state index in [9.17, 15) is 0 Å². The fourth-order valence-corrected chi connectivity index (χ4v) is 2.83. The number of hydrogen-bond donors (Lipinski definition) is 1.